The lowest BCUT2D eigenvalue weighted by atomic mass is 10.0. The summed E-state index contributed by atoms with van der Waals surface area (Å²) in [7, 11) is 0. The van der Waals surface area contributed by atoms with Gasteiger partial charge in [0.1, 0.15) is 17.7 Å². The monoisotopic (exact) mass is 445 g/mol. The van der Waals surface area contributed by atoms with Gasteiger partial charge in [-0.1, -0.05) is 50.2 Å². The highest BCUT2D eigenvalue weighted by molar-refractivity contribution is 5.97. The second kappa shape index (κ2) is 10.7. The average molecular weight is 445 g/mol. The van der Waals surface area contributed by atoms with Crippen molar-refractivity contribution >= 4 is 23.6 Å². The molecule has 168 valence electrons. The van der Waals surface area contributed by atoms with Crippen LogP contribution in [0.25, 0.3) is 5.69 Å². The molecule has 0 unspecified atom stereocenters. The molecule has 3 aromatic rings. The standard InChI is InChI=1S/C24H23N5O4/c1-16(2)21(28-23(31)17-9-5-3-6-10-17)24(32)33-15-20(30)27-22-18(13-25)14-26-29(22)19-11-7-4-8-12-19/h3-12,14,16,21H,15H2,1-2H3,(H,27,30)(H,28,31)/t21-/m0/s1. The molecule has 2 aromatic carbocycles. The lowest BCUT2D eigenvalue weighted by Crippen LogP contribution is -2.46. The molecule has 0 radical (unpaired) electrons. The van der Waals surface area contributed by atoms with Gasteiger partial charge in [-0.2, -0.15) is 10.4 Å². The molecule has 9 heteroatoms. The third kappa shape index (κ3) is 5.83. The number of hydrogen-bond acceptors (Lipinski definition) is 6. The number of ether oxygens (including phenoxy) is 1. The molecule has 1 aromatic heterocycles. The van der Waals surface area contributed by atoms with Crippen LogP contribution in [0.3, 0.4) is 0 Å². The van der Waals surface area contributed by atoms with Crippen LogP contribution in [0.1, 0.15) is 29.8 Å². The molecule has 33 heavy (non-hydrogen) atoms. The van der Waals surface area contributed by atoms with Gasteiger partial charge in [-0.3, -0.25) is 9.59 Å². The number of amides is 2. The minimum atomic E-state index is -0.935. The predicted octanol–water partition coefficient (Wildman–Crippen LogP) is 2.68. The van der Waals surface area contributed by atoms with E-state index in [0.29, 0.717) is 11.3 Å². The maximum absolute atomic E-state index is 12.6. The Morgan fingerprint density at radius 3 is 2.30 bits per heavy atom. The molecular weight excluding hydrogens is 422 g/mol. The molecule has 2 N–H and O–H groups in total. The van der Waals surface area contributed by atoms with Gasteiger partial charge in [-0.15, -0.1) is 0 Å². The van der Waals surface area contributed by atoms with Crippen molar-refractivity contribution in [3.05, 3.63) is 78.0 Å². The number of carbonyl (C=O) groups excluding carboxylic acids is 3. The van der Waals surface area contributed by atoms with Crippen molar-refractivity contribution in [2.45, 2.75) is 19.9 Å². The minimum Gasteiger partial charge on any atom is -0.454 e. The van der Waals surface area contributed by atoms with E-state index in [1.165, 1.54) is 10.9 Å². The first-order chi connectivity index (χ1) is 15.9. The summed E-state index contributed by atoms with van der Waals surface area (Å²) in [6.07, 6.45) is 1.34. The highest BCUT2D eigenvalue weighted by Crippen LogP contribution is 2.19. The van der Waals surface area contributed by atoms with E-state index in [9.17, 15) is 19.6 Å². The van der Waals surface area contributed by atoms with E-state index in [1.54, 1.807) is 68.4 Å². The highest BCUT2D eigenvalue weighted by atomic mass is 16.5. The van der Waals surface area contributed by atoms with Gasteiger partial charge in [0.05, 0.1) is 11.9 Å². The molecule has 0 saturated heterocycles. The highest BCUT2D eigenvalue weighted by Gasteiger charge is 2.27. The Kier molecular flexibility index (Phi) is 7.55. The molecule has 3 rings (SSSR count). The van der Waals surface area contributed by atoms with Gasteiger partial charge in [0.2, 0.25) is 0 Å². The molecule has 1 heterocycles. The van der Waals surface area contributed by atoms with Crippen LogP contribution in [0.15, 0.2) is 66.9 Å². The third-order valence-electron chi connectivity index (χ3n) is 4.74. The summed E-state index contributed by atoms with van der Waals surface area (Å²) in [5, 5.41) is 18.7. The van der Waals surface area contributed by atoms with Crippen molar-refractivity contribution in [3.8, 4) is 11.8 Å². The maximum atomic E-state index is 12.6. The van der Waals surface area contributed by atoms with Crippen LogP contribution in [0, 0.1) is 17.2 Å². The molecule has 9 nitrogen and oxygen atoms in total. The number of nitrogens with one attached hydrogen (secondary N) is 2. The van der Waals surface area contributed by atoms with Crippen LogP contribution >= 0.6 is 0 Å². The second-order valence-electron chi connectivity index (χ2n) is 7.48. The molecule has 2 amide bonds. The van der Waals surface area contributed by atoms with E-state index in [-0.39, 0.29) is 17.3 Å². The zero-order valence-electron chi connectivity index (χ0n) is 18.2. The summed E-state index contributed by atoms with van der Waals surface area (Å²) in [5.74, 6) is -1.89. The van der Waals surface area contributed by atoms with Gasteiger partial charge in [0.25, 0.3) is 11.8 Å². The smallest absolute Gasteiger partial charge is 0.329 e. The van der Waals surface area contributed by atoms with Crippen LogP contribution in [-0.4, -0.2) is 40.2 Å². The number of aromatic nitrogens is 2. The Morgan fingerprint density at radius 2 is 1.70 bits per heavy atom. The fourth-order valence-corrected chi connectivity index (χ4v) is 3.02. The van der Waals surface area contributed by atoms with Crippen molar-refractivity contribution in [1.29, 1.82) is 5.26 Å². The Balaban J connectivity index is 1.64. The van der Waals surface area contributed by atoms with Crippen LogP contribution in [0.4, 0.5) is 5.82 Å². The number of rotatable bonds is 8. The van der Waals surface area contributed by atoms with Crippen molar-refractivity contribution in [1.82, 2.24) is 15.1 Å². The zero-order valence-corrected chi connectivity index (χ0v) is 18.2. The van der Waals surface area contributed by atoms with E-state index < -0.39 is 30.4 Å². The van der Waals surface area contributed by atoms with Crippen LogP contribution < -0.4 is 10.6 Å². The van der Waals surface area contributed by atoms with E-state index in [4.69, 9.17) is 4.74 Å². The maximum Gasteiger partial charge on any atom is 0.329 e. The molecule has 0 bridgehead atoms. The summed E-state index contributed by atoms with van der Waals surface area (Å²) in [5.41, 5.74) is 1.22. The Morgan fingerprint density at radius 1 is 1.06 bits per heavy atom. The SMILES string of the molecule is CC(C)[C@H](NC(=O)c1ccccc1)C(=O)OCC(=O)Nc1c(C#N)cnn1-c1ccccc1. The first kappa shape index (κ1) is 23.2. The van der Waals surface area contributed by atoms with Crippen LogP contribution in [-0.2, 0) is 14.3 Å². The van der Waals surface area contributed by atoms with Gasteiger partial charge in [-0.05, 0) is 30.2 Å². The van der Waals surface area contributed by atoms with Crippen molar-refractivity contribution in [3.63, 3.8) is 0 Å². The molecule has 0 spiro atoms. The first-order valence-corrected chi connectivity index (χ1v) is 10.3. The molecule has 0 fully saturated rings. The van der Waals surface area contributed by atoms with Gasteiger partial charge in [0.15, 0.2) is 12.4 Å². The van der Waals surface area contributed by atoms with E-state index in [2.05, 4.69) is 15.7 Å². The summed E-state index contributed by atoms with van der Waals surface area (Å²) in [6, 6.07) is 18.5. The van der Waals surface area contributed by atoms with Crippen molar-refractivity contribution < 1.29 is 19.1 Å². The van der Waals surface area contributed by atoms with E-state index in [0.717, 1.165) is 0 Å². The molecular formula is C24H23N5O4. The largest absolute Gasteiger partial charge is 0.454 e. The van der Waals surface area contributed by atoms with Gasteiger partial charge in [0, 0.05) is 5.56 Å². The number of esters is 1. The molecule has 1 atom stereocenters. The number of nitriles is 1. The topological polar surface area (TPSA) is 126 Å². The Bertz CT molecular complexity index is 1170. The van der Waals surface area contributed by atoms with Gasteiger partial charge >= 0.3 is 5.97 Å². The number of para-hydroxylation sites is 1. The predicted molar refractivity (Wildman–Crippen MR) is 120 cm³/mol. The normalized spacial score (nSPS) is 11.3. The quantitative estimate of drug-likeness (QED) is 0.514. The molecule has 0 aliphatic rings. The number of hydrogen-bond donors (Lipinski definition) is 2. The fourth-order valence-electron chi connectivity index (χ4n) is 3.02. The summed E-state index contributed by atoms with van der Waals surface area (Å²) in [6.45, 7) is 2.93. The summed E-state index contributed by atoms with van der Waals surface area (Å²) >= 11 is 0. The Hall–Kier alpha value is -4.45. The fraction of sp³-hybridized carbons (Fsp3) is 0.208. The van der Waals surface area contributed by atoms with Gasteiger partial charge < -0.3 is 15.4 Å². The first-order valence-electron chi connectivity index (χ1n) is 10.3. The molecule has 0 aliphatic heterocycles. The minimum absolute atomic E-state index is 0.161. The molecule has 0 aliphatic carbocycles. The average Bonchev–Trinajstić information content (AvgIpc) is 3.24. The summed E-state index contributed by atoms with van der Waals surface area (Å²) in [4.78, 5) is 37.5. The number of carbonyl (C=O) groups is 3. The molecule has 0 saturated carbocycles. The number of benzene rings is 2. The van der Waals surface area contributed by atoms with Crippen LogP contribution in [0.5, 0.6) is 0 Å². The van der Waals surface area contributed by atoms with E-state index in [1.807, 2.05) is 12.1 Å². The lowest BCUT2D eigenvalue weighted by Gasteiger charge is -2.20. The third-order valence-corrected chi connectivity index (χ3v) is 4.74. The summed E-state index contributed by atoms with van der Waals surface area (Å²) < 4.78 is 6.57. The Labute approximate surface area is 191 Å². The lowest BCUT2D eigenvalue weighted by molar-refractivity contribution is -0.150. The number of anilines is 1. The zero-order chi connectivity index (χ0) is 23.8. The van der Waals surface area contributed by atoms with Crippen molar-refractivity contribution in [2.75, 3.05) is 11.9 Å². The number of nitrogens with zero attached hydrogens (tertiary/aromatic N) is 3. The van der Waals surface area contributed by atoms with Crippen LogP contribution in [0.2, 0.25) is 0 Å². The van der Waals surface area contributed by atoms with Crippen molar-refractivity contribution in [2.24, 2.45) is 5.92 Å². The second-order valence-corrected chi connectivity index (χ2v) is 7.48. The van der Waals surface area contributed by atoms with Gasteiger partial charge in [-0.25, -0.2) is 9.48 Å². The van der Waals surface area contributed by atoms with E-state index >= 15 is 0 Å².